The van der Waals surface area contributed by atoms with E-state index in [-0.39, 0.29) is 0 Å². The zero-order chi connectivity index (χ0) is 11.9. The van der Waals surface area contributed by atoms with Gasteiger partial charge in [0.15, 0.2) is 0 Å². The van der Waals surface area contributed by atoms with E-state index in [4.69, 9.17) is 18.9 Å². The molecule has 0 unspecified atom stereocenters. The third kappa shape index (κ3) is 14.5. The normalized spacial score (nSPS) is 10.9. The maximum absolute atomic E-state index is 5.33. The molecule has 0 bridgehead atoms. The highest BCUT2D eigenvalue weighted by Crippen LogP contribution is 1.81. The van der Waals surface area contributed by atoms with E-state index < -0.39 is 0 Å². The predicted molar refractivity (Wildman–Crippen MR) is 71.2 cm³/mol. The van der Waals surface area contributed by atoms with Crippen molar-refractivity contribution in [1.29, 1.82) is 0 Å². The number of methoxy groups -OCH3 is 1. The maximum Gasteiger partial charge on any atom is 0.0701 e. The van der Waals surface area contributed by atoms with Crippen molar-refractivity contribution in [3.63, 3.8) is 0 Å². The van der Waals surface area contributed by atoms with Crippen molar-refractivity contribution in [3.05, 3.63) is 0 Å². The van der Waals surface area contributed by atoms with Gasteiger partial charge >= 0.3 is 0 Å². The molecule has 0 amide bonds. The van der Waals surface area contributed by atoms with Crippen LogP contribution >= 0.6 is 22.6 Å². The van der Waals surface area contributed by atoms with Gasteiger partial charge in [-0.15, -0.1) is 0 Å². The van der Waals surface area contributed by atoms with Crippen LogP contribution in [-0.4, -0.2) is 64.5 Å². The summed E-state index contributed by atoms with van der Waals surface area (Å²) in [6.45, 7) is 5.36. The summed E-state index contributed by atoms with van der Waals surface area (Å²) in [5, 5.41) is 3.17. The minimum Gasteiger partial charge on any atom is -0.382 e. The van der Waals surface area contributed by atoms with Gasteiger partial charge in [0.1, 0.15) is 0 Å². The first kappa shape index (κ1) is 16.5. The lowest BCUT2D eigenvalue weighted by molar-refractivity contribution is 0.00421. The summed E-state index contributed by atoms with van der Waals surface area (Å²) in [4.78, 5) is 0. The molecular weight excluding hydrogens is 325 g/mol. The van der Waals surface area contributed by atoms with Crippen molar-refractivity contribution < 1.29 is 18.9 Å². The van der Waals surface area contributed by atoms with E-state index in [2.05, 4.69) is 27.9 Å². The molecule has 0 saturated carbocycles. The lowest BCUT2D eigenvalue weighted by atomic mass is 10.6. The first-order chi connectivity index (χ1) is 7.91. The van der Waals surface area contributed by atoms with Crippen LogP contribution in [-0.2, 0) is 18.9 Å². The summed E-state index contributed by atoms with van der Waals surface area (Å²) in [5.41, 5.74) is 0. The SMILES string of the molecule is COCCOCCOCCOCCNCI. The summed E-state index contributed by atoms with van der Waals surface area (Å²) < 4.78 is 21.7. The molecule has 16 heavy (non-hydrogen) atoms. The van der Waals surface area contributed by atoms with E-state index in [1.165, 1.54) is 0 Å². The molecule has 98 valence electrons. The molecule has 0 rings (SSSR count). The molecule has 0 heterocycles. The molecule has 0 aromatic heterocycles. The molecule has 6 heteroatoms. The maximum atomic E-state index is 5.33. The van der Waals surface area contributed by atoms with Gasteiger partial charge in [-0.05, 0) is 0 Å². The summed E-state index contributed by atoms with van der Waals surface area (Å²) in [5.74, 6) is 0. The summed E-state index contributed by atoms with van der Waals surface area (Å²) in [6, 6.07) is 0. The van der Waals surface area contributed by atoms with E-state index in [1.807, 2.05) is 0 Å². The predicted octanol–water partition coefficient (Wildman–Crippen LogP) is 0.665. The van der Waals surface area contributed by atoms with E-state index in [9.17, 15) is 0 Å². The zero-order valence-corrected chi connectivity index (χ0v) is 12.0. The number of halogens is 1. The van der Waals surface area contributed by atoms with Gasteiger partial charge in [0.05, 0.1) is 46.2 Å². The van der Waals surface area contributed by atoms with Crippen molar-refractivity contribution in [3.8, 4) is 0 Å². The fourth-order valence-corrected chi connectivity index (χ4v) is 1.28. The van der Waals surface area contributed by atoms with Crippen LogP contribution in [0.3, 0.4) is 0 Å². The van der Waals surface area contributed by atoms with Gasteiger partial charge in [-0.3, -0.25) is 0 Å². The van der Waals surface area contributed by atoms with Crippen molar-refractivity contribution >= 4 is 22.6 Å². The number of alkyl halides is 1. The molecular formula is C10H22INO4. The van der Waals surface area contributed by atoms with Gasteiger partial charge in [-0.25, -0.2) is 0 Å². The lowest BCUT2D eigenvalue weighted by Crippen LogP contribution is -2.19. The first-order valence-corrected chi connectivity index (χ1v) is 6.93. The third-order valence-corrected chi connectivity index (χ3v) is 2.23. The Kier molecular flexibility index (Phi) is 16.0. The molecule has 0 saturated heterocycles. The van der Waals surface area contributed by atoms with Crippen LogP contribution in [0.2, 0.25) is 0 Å². The average molecular weight is 347 g/mol. The highest BCUT2D eigenvalue weighted by molar-refractivity contribution is 14.1. The van der Waals surface area contributed by atoms with Crippen molar-refractivity contribution in [1.82, 2.24) is 5.32 Å². The van der Waals surface area contributed by atoms with Gasteiger partial charge in [-0.1, -0.05) is 22.6 Å². The second kappa shape index (κ2) is 15.5. The number of hydrogen-bond acceptors (Lipinski definition) is 5. The Morgan fingerprint density at radius 1 is 0.812 bits per heavy atom. The monoisotopic (exact) mass is 347 g/mol. The Morgan fingerprint density at radius 3 is 1.81 bits per heavy atom. The molecule has 0 aromatic carbocycles. The summed E-state index contributed by atoms with van der Waals surface area (Å²) >= 11 is 2.27. The largest absolute Gasteiger partial charge is 0.382 e. The van der Waals surface area contributed by atoms with Gasteiger partial charge in [0, 0.05) is 18.2 Å². The van der Waals surface area contributed by atoms with Gasteiger partial charge in [-0.2, -0.15) is 0 Å². The fraction of sp³-hybridized carbons (Fsp3) is 1.00. The molecule has 0 spiro atoms. The Morgan fingerprint density at radius 2 is 1.31 bits per heavy atom. The molecule has 1 N–H and O–H groups in total. The number of nitrogens with one attached hydrogen (secondary N) is 1. The van der Waals surface area contributed by atoms with Crippen LogP contribution in [0.1, 0.15) is 0 Å². The minimum atomic E-state index is 0.610. The molecule has 0 aliphatic rings. The minimum absolute atomic E-state index is 0.610. The van der Waals surface area contributed by atoms with E-state index in [0.717, 1.165) is 17.7 Å². The van der Waals surface area contributed by atoms with Crippen LogP contribution in [0.15, 0.2) is 0 Å². The van der Waals surface area contributed by atoms with Gasteiger partial charge in [0.2, 0.25) is 0 Å². The van der Waals surface area contributed by atoms with Gasteiger partial charge in [0.25, 0.3) is 0 Å². The van der Waals surface area contributed by atoms with Gasteiger partial charge < -0.3 is 24.3 Å². The smallest absolute Gasteiger partial charge is 0.0701 e. The first-order valence-electron chi connectivity index (χ1n) is 5.40. The third-order valence-electron chi connectivity index (χ3n) is 1.69. The van der Waals surface area contributed by atoms with Crippen LogP contribution in [0.4, 0.5) is 0 Å². The van der Waals surface area contributed by atoms with E-state index in [1.54, 1.807) is 7.11 Å². The zero-order valence-electron chi connectivity index (χ0n) is 9.87. The lowest BCUT2D eigenvalue weighted by Gasteiger charge is -2.06. The van der Waals surface area contributed by atoms with E-state index >= 15 is 0 Å². The van der Waals surface area contributed by atoms with Crippen LogP contribution in [0, 0.1) is 0 Å². The Balaban J connectivity index is 2.83. The van der Waals surface area contributed by atoms with Crippen molar-refractivity contribution in [2.24, 2.45) is 0 Å². The molecule has 5 nitrogen and oxygen atoms in total. The second-order valence-corrected chi connectivity index (χ2v) is 3.73. The highest BCUT2D eigenvalue weighted by Gasteiger charge is 1.91. The number of rotatable bonds is 13. The molecule has 0 atom stereocenters. The molecule has 0 aliphatic carbocycles. The standard InChI is InChI=1S/C10H22INO4/c1-13-4-5-15-8-9-16-7-6-14-3-2-12-10-11/h12H,2-10H2,1H3. The van der Waals surface area contributed by atoms with Crippen LogP contribution in [0.5, 0.6) is 0 Å². The Hall–Kier alpha value is 0.530. The molecule has 0 radical (unpaired) electrons. The average Bonchev–Trinajstić information content (AvgIpc) is 2.31. The highest BCUT2D eigenvalue weighted by atomic mass is 127. The molecule has 0 aromatic rings. The Labute approximate surface area is 111 Å². The van der Waals surface area contributed by atoms with Crippen molar-refractivity contribution in [2.75, 3.05) is 64.5 Å². The fourth-order valence-electron chi connectivity index (χ4n) is 0.895. The number of hydrogen-bond donors (Lipinski definition) is 1. The second-order valence-electron chi connectivity index (χ2n) is 2.96. The summed E-state index contributed by atoms with van der Waals surface area (Å²) in [7, 11) is 1.66. The quantitative estimate of drug-likeness (QED) is 0.230. The summed E-state index contributed by atoms with van der Waals surface area (Å²) in [6.07, 6.45) is 0. The van der Waals surface area contributed by atoms with Crippen LogP contribution in [0.25, 0.3) is 0 Å². The Bertz CT molecular complexity index is 115. The van der Waals surface area contributed by atoms with Crippen molar-refractivity contribution in [2.45, 2.75) is 0 Å². The number of ether oxygens (including phenoxy) is 4. The van der Waals surface area contributed by atoms with E-state index in [0.29, 0.717) is 39.6 Å². The topological polar surface area (TPSA) is 49.0 Å². The van der Waals surface area contributed by atoms with Crippen LogP contribution < -0.4 is 5.32 Å². The molecule has 0 aliphatic heterocycles. The molecule has 0 fully saturated rings.